The van der Waals surface area contributed by atoms with Crippen molar-refractivity contribution >= 4 is 27.5 Å². The summed E-state index contributed by atoms with van der Waals surface area (Å²) in [5.74, 6) is -0.140. The zero-order chi connectivity index (χ0) is 17.2. The summed E-state index contributed by atoms with van der Waals surface area (Å²) in [6.07, 6.45) is 3.19. The van der Waals surface area contributed by atoms with Crippen molar-refractivity contribution in [2.24, 2.45) is 0 Å². The molecule has 1 N–H and O–H groups in total. The molecular formula is C15H17ClN4O3S. The Kier molecular flexibility index (Phi) is 4.88. The number of carbonyl (C=O) groups excluding carboxylic acids is 1. The quantitative estimate of drug-likeness (QED) is 0.891. The topological polar surface area (TPSA) is 86.4 Å². The third-order valence-corrected chi connectivity index (χ3v) is 5.96. The van der Waals surface area contributed by atoms with Crippen LogP contribution in [-0.2, 0) is 10.0 Å². The lowest BCUT2D eigenvalue weighted by atomic mass is 10.2. The van der Waals surface area contributed by atoms with Crippen LogP contribution in [0.25, 0.3) is 0 Å². The van der Waals surface area contributed by atoms with E-state index in [1.165, 1.54) is 16.8 Å². The lowest BCUT2D eigenvalue weighted by Gasteiger charge is -2.21. The van der Waals surface area contributed by atoms with Crippen LogP contribution in [-0.4, -0.2) is 59.7 Å². The van der Waals surface area contributed by atoms with E-state index in [1.807, 2.05) is 0 Å². The average molecular weight is 369 g/mol. The van der Waals surface area contributed by atoms with Crippen molar-refractivity contribution in [3.8, 4) is 0 Å². The summed E-state index contributed by atoms with van der Waals surface area (Å²) in [6, 6.07) is 6.76. The molecule has 0 radical (unpaired) electrons. The first-order valence-electron chi connectivity index (χ1n) is 7.52. The molecule has 2 heterocycles. The second kappa shape index (κ2) is 6.92. The molecule has 9 heteroatoms. The van der Waals surface area contributed by atoms with Gasteiger partial charge < -0.3 is 9.88 Å². The van der Waals surface area contributed by atoms with Crippen molar-refractivity contribution < 1.29 is 13.2 Å². The summed E-state index contributed by atoms with van der Waals surface area (Å²) in [5.41, 5.74) is 0.507. The van der Waals surface area contributed by atoms with Crippen LogP contribution in [0.3, 0.4) is 0 Å². The lowest BCUT2D eigenvalue weighted by Crippen LogP contribution is -2.37. The Morgan fingerprint density at radius 2 is 2.04 bits per heavy atom. The Morgan fingerprint density at radius 1 is 1.21 bits per heavy atom. The maximum Gasteiger partial charge on any atom is 0.260 e. The van der Waals surface area contributed by atoms with Gasteiger partial charge in [0.2, 0.25) is 0 Å². The van der Waals surface area contributed by atoms with Gasteiger partial charge in [0.15, 0.2) is 5.03 Å². The molecule has 1 aliphatic heterocycles. The fourth-order valence-electron chi connectivity index (χ4n) is 2.66. The Hall–Kier alpha value is -1.90. The second-order valence-electron chi connectivity index (χ2n) is 5.48. The molecule has 128 valence electrons. The molecule has 3 rings (SSSR count). The predicted octanol–water partition coefficient (Wildman–Crippen LogP) is 1.60. The zero-order valence-corrected chi connectivity index (χ0v) is 14.4. The number of carbonyl (C=O) groups is 1. The van der Waals surface area contributed by atoms with E-state index in [0.717, 1.165) is 0 Å². The van der Waals surface area contributed by atoms with Crippen LogP contribution in [0.15, 0.2) is 41.8 Å². The van der Waals surface area contributed by atoms with Gasteiger partial charge in [-0.1, -0.05) is 17.7 Å². The smallest absolute Gasteiger partial charge is 0.260 e. The van der Waals surface area contributed by atoms with Gasteiger partial charge in [0, 0.05) is 36.8 Å². The number of amides is 1. The standard InChI is InChI=1S/C15H17ClN4O3S/c16-13-4-1-3-12(9-13)15(21)19-5-2-6-20(8-7-19)24(22,23)14-10-17-11-18-14/h1,3-4,9-11H,2,5-8H2,(H,17,18). The molecule has 1 saturated heterocycles. The molecule has 1 amide bonds. The fraction of sp³-hybridized carbons (Fsp3) is 0.333. The van der Waals surface area contributed by atoms with Crippen LogP contribution < -0.4 is 0 Å². The van der Waals surface area contributed by atoms with Crippen LogP contribution in [0.5, 0.6) is 0 Å². The van der Waals surface area contributed by atoms with E-state index in [4.69, 9.17) is 11.6 Å². The first-order valence-corrected chi connectivity index (χ1v) is 9.33. The molecule has 0 unspecified atom stereocenters. The largest absolute Gasteiger partial charge is 0.337 e. The molecule has 0 aliphatic carbocycles. The first kappa shape index (κ1) is 16.9. The minimum atomic E-state index is -3.61. The molecule has 0 saturated carbocycles. The molecular weight excluding hydrogens is 352 g/mol. The van der Waals surface area contributed by atoms with Gasteiger partial charge in [0.05, 0.1) is 12.5 Å². The summed E-state index contributed by atoms with van der Waals surface area (Å²) in [4.78, 5) is 20.6. The van der Waals surface area contributed by atoms with Gasteiger partial charge in [-0.15, -0.1) is 0 Å². The third-order valence-electron chi connectivity index (χ3n) is 3.90. The van der Waals surface area contributed by atoms with Crippen molar-refractivity contribution in [3.63, 3.8) is 0 Å². The molecule has 1 aliphatic rings. The van der Waals surface area contributed by atoms with Gasteiger partial charge >= 0.3 is 0 Å². The number of sulfonamides is 1. The van der Waals surface area contributed by atoms with Crippen LogP contribution in [0.4, 0.5) is 0 Å². The number of halogens is 1. The second-order valence-corrected chi connectivity index (χ2v) is 7.82. The highest BCUT2D eigenvalue weighted by atomic mass is 35.5. The van der Waals surface area contributed by atoms with E-state index in [2.05, 4.69) is 9.97 Å². The van der Waals surface area contributed by atoms with Crippen molar-refractivity contribution in [1.82, 2.24) is 19.2 Å². The predicted molar refractivity (Wildman–Crippen MR) is 89.3 cm³/mol. The van der Waals surface area contributed by atoms with E-state index in [9.17, 15) is 13.2 Å². The van der Waals surface area contributed by atoms with E-state index >= 15 is 0 Å². The van der Waals surface area contributed by atoms with Crippen molar-refractivity contribution in [3.05, 3.63) is 47.4 Å². The summed E-state index contributed by atoms with van der Waals surface area (Å²) in [5, 5.41) is 0.566. The van der Waals surface area contributed by atoms with E-state index in [-0.39, 0.29) is 17.5 Å². The summed E-state index contributed by atoms with van der Waals surface area (Å²) < 4.78 is 26.4. The number of aromatic amines is 1. The number of benzene rings is 1. The van der Waals surface area contributed by atoms with Crippen molar-refractivity contribution in [2.45, 2.75) is 11.4 Å². The Bertz CT molecular complexity index is 823. The third kappa shape index (κ3) is 3.45. The molecule has 1 fully saturated rings. The number of imidazole rings is 1. The van der Waals surface area contributed by atoms with Gasteiger partial charge in [-0.3, -0.25) is 4.79 Å². The fourth-order valence-corrected chi connectivity index (χ4v) is 4.22. The molecule has 2 aromatic rings. The zero-order valence-electron chi connectivity index (χ0n) is 12.9. The summed E-state index contributed by atoms with van der Waals surface area (Å²) in [6.45, 7) is 1.44. The highest BCUT2D eigenvalue weighted by Crippen LogP contribution is 2.17. The van der Waals surface area contributed by atoms with E-state index in [0.29, 0.717) is 36.6 Å². The Balaban J connectivity index is 1.73. The molecule has 0 spiro atoms. The van der Waals surface area contributed by atoms with Crippen LogP contribution >= 0.6 is 11.6 Å². The number of hydrogen-bond acceptors (Lipinski definition) is 4. The maximum atomic E-state index is 12.6. The van der Waals surface area contributed by atoms with Gasteiger partial charge in [-0.2, -0.15) is 4.31 Å². The molecule has 1 aromatic heterocycles. The van der Waals surface area contributed by atoms with E-state index < -0.39 is 10.0 Å². The monoisotopic (exact) mass is 368 g/mol. The Labute approximate surface area is 145 Å². The Morgan fingerprint density at radius 3 is 2.75 bits per heavy atom. The minimum absolute atomic E-state index is 0.0668. The molecule has 0 atom stereocenters. The maximum absolute atomic E-state index is 12.6. The van der Waals surface area contributed by atoms with Gasteiger partial charge in [0.25, 0.3) is 15.9 Å². The number of hydrogen-bond donors (Lipinski definition) is 1. The normalized spacial score (nSPS) is 16.8. The number of H-pyrrole nitrogens is 1. The summed E-state index contributed by atoms with van der Waals surface area (Å²) in [7, 11) is -3.61. The number of nitrogens with one attached hydrogen (secondary N) is 1. The highest BCUT2D eigenvalue weighted by Gasteiger charge is 2.29. The van der Waals surface area contributed by atoms with Gasteiger partial charge in [-0.25, -0.2) is 13.4 Å². The SMILES string of the molecule is O=C(c1cccc(Cl)c1)N1CCCN(S(=O)(=O)c2cnc[nH]2)CC1. The number of nitrogens with zero attached hydrogens (tertiary/aromatic N) is 3. The lowest BCUT2D eigenvalue weighted by molar-refractivity contribution is 0.0764. The van der Waals surface area contributed by atoms with Crippen LogP contribution in [0, 0.1) is 0 Å². The molecule has 0 bridgehead atoms. The van der Waals surface area contributed by atoms with Crippen LogP contribution in [0.1, 0.15) is 16.8 Å². The highest BCUT2D eigenvalue weighted by molar-refractivity contribution is 7.89. The van der Waals surface area contributed by atoms with Crippen molar-refractivity contribution in [1.29, 1.82) is 0 Å². The number of rotatable bonds is 3. The van der Waals surface area contributed by atoms with Crippen LogP contribution in [0.2, 0.25) is 5.02 Å². The minimum Gasteiger partial charge on any atom is -0.337 e. The summed E-state index contributed by atoms with van der Waals surface area (Å²) >= 11 is 5.93. The molecule has 1 aromatic carbocycles. The molecule has 7 nitrogen and oxygen atoms in total. The first-order chi connectivity index (χ1) is 11.5. The van der Waals surface area contributed by atoms with Gasteiger partial charge in [-0.05, 0) is 24.6 Å². The van der Waals surface area contributed by atoms with Crippen molar-refractivity contribution in [2.75, 3.05) is 26.2 Å². The van der Waals surface area contributed by atoms with E-state index in [1.54, 1.807) is 29.2 Å². The number of aromatic nitrogens is 2. The van der Waals surface area contributed by atoms with Gasteiger partial charge in [0.1, 0.15) is 0 Å². The average Bonchev–Trinajstić information content (AvgIpc) is 2.99. The molecule has 24 heavy (non-hydrogen) atoms.